The maximum absolute atomic E-state index is 11.5. The van der Waals surface area contributed by atoms with Gasteiger partial charge in [-0.05, 0) is 30.2 Å². The maximum Gasteiger partial charge on any atom is 0.510 e. The Balaban J connectivity index is 1.43. The van der Waals surface area contributed by atoms with E-state index < -0.39 is 31.2 Å². The van der Waals surface area contributed by atoms with Gasteiger partial charge in [-0.3, -0.25) is 0 Å². The van der Waals surface area contributed by atoms with E-state index in [1.54, 1.807) is 0 Å². The molecule has 2 fully saturated rings. The van der Waals surface area contributed by atoms with Crippen LogP contribution < -0.4 is 0 Å². The average molecular weight is 479 g/mol. The molecule has 8 heteroatoms. The van der Waals surface area contributed by atoms with Crippen molar-refractivity contribution in [2.45, 2.75) is 90.0 Å². The summed E-state index contributed by atoms with van der Waals surface area (Å²) in [5, 5.41) is 0. The van der Waals surface area contributed by atoms with Crippen molar-refractivity contribution in [3.05, 3.63) is 35.4 Å². The third-order valence-electron chi connectivity index (χ3n) is 6.74. The first-order valence-corrected chi connectivity index (χ1v) is 12.4. The molecule has 3 rings (SSSR count). The molecule has 0 bridgehead atoms. The second kappa shape index (κ2) is 13.5. The summed E-state index contributed by atoms with van der Waals surface area (Å²) in [5.41, 5.74) is 1.97. The Labute approximate surface area is 202 Å². The molecule has 0 amide bonds. The van der Waals surface area contributed by atoms with E-state index in [0.717, 1.165) is 23.8 Å². The lowest BCUT2D eigenvalue weighted by Crippen LogP contribution is -2.32. The van der Waals surface area contributed by atoms with Crippen LogP contribution in [0.3, 0.4) is 0 Å². The Morgan fingerprint density at radius 2 is 1.35 bits per heavy atom. The van der Waals surface area contributed by atoms with Crippen LogP contribution in [0.5, 0.6) is 0 Å². The molecule has 2 aliphatic rings. The molecule has 0 aromatic heterocycles. The molecule has 8 nitrogen and oxygen atoms in total. The van der Waals surface area contributed by atoms with Crippen LogP contribution in [0, 0.1) is 11.8 Å². The van der Waals surface area contributed by atoms with Crippen LogP contribution in [0.4, 0.5) is 9.59 Å². The predicted molar refractivity (Wildman–Crippen MR) is 124 cm³/mol. The van der Waals surface area contributed by atoms with Gasteiger partial charge in [0.05, 0.1) is 14.2 Å². The van der Waals surface area contributed by atoms with Crippen molar-refractivity contribution >= 4 is 12.3 Å². The van der Waals surface area contributed by atoms with Gasteiger partial charge in [0, 0.05) is 5.56 Å². The van der Waals surface area contributed by atoms with E-state index in [1.165, 1.54) is 77.6 Å². The van der Waals surface area contributed by atoms with Gasteiger partial charge in [-0.15, -0.1) is 0 Å². The van der Waals surface area contributed by atoms with Crippen LogP contribution in [0.15, 0.2) is 24.3 Å². The fourth-order valence-corrected chi connectivity index (χ4v) is 4.83. The molecule has 190 valence electrons. The zero-order valence-corrected chi connectivity index (χ0v) is 20.5. The molecule has 2 atom stereocenters. The van der Waals surface area contributed by atoms with E-state index in [1.807, 2.05) is 24.3 Å². The third kappa shape index (κ3) is 7.87. The fraction of sp³-hybridized carbons (Fsp3) is 0.692. The smallest absolute Gasteiger partial charge is 0.438 e. The van der Waals surface area contributed by atoms with Gasteiger partial charge in [-0.1, -0.05) is 82.6 Å². The van der Waals surface area contributed by atoms with Crippen molar-refractivity contribution in [3.8, 4) is 0 Å². The lowest BCUT2D eigenvalue weighted by Gasteiger charge is -2.28. The molecule has 1 saturated heterocycles. The van der Waals surface area contributed by atoms with Crippen molar-refractivity contribution in [2.24, 2.45) is 11.8 Å². The number of carbonyl (C=O) groups excluding carboxylic acids is 2. The number of hydrogen-bond acceptors (Lipinski definition) is 8. The Bertz CT molecular complexity index is 731. The number of carbonyl (C=O) groups is 2. The second-order valence-electron chi connectivity index (χ2n) is 9.15. The Kier molecular flexibility index (Phi) is 10.5. The summed E-state index contributed by atoms with van der Waals surface area (Å²) in [4.78, 5) is 22.9. The summed E-state index contributed by atoms with van der Waals surface area (Å²) >= 11 is 0. The van der Waals surface area contributed by atoms with E-state index >= 15 is 0 Å². The Hall–Kier alpha value is -2.32. The molecule has 1 aliphatic heterocycles. The minimum Gasteiger partial charge on any atom is -0.438 e. The van der Waals surface area contributed by atoms with Crippen LogP contribution in [0.1, 0.15) is 82.1 Å². The molecular weight excluding hydrogens is 440 g/mol. The molecular formula is C26H38O8. The number of unbranched alkanes of at least 4 members (excludes halogenated alkanes) is 1. The lowest BCUT2D eigenvalue weighted by molar-refractivity contribution is -0.156. The SMILES string of the molecule is CCCC1CCC(CCCCc2ccc(C3O[C@H](OC(=O)OC)[C@@H](OC(=O)OC)O3)cc2)CC1. The molecule has 1 aliphatic carbocycles. The summed E-state index contributed by atoms with van der Waals surface area (Å²) < 4.78 is 30.2. The number of ether oxygens (including phenoxy) is 6. The van der Waals surface area contributed by atoms with Crippen molar-refractivity contribution in [3.63, 3.8) is 0 Å². The minimum absolute atomic E-state index is 0.724. The van der Waals surface area contributed by atoms with Crippen LogP contribution >= 0.6 is 0 Å². The van der Waals surface area contributed by atoms with Gasteiger partial charge >= 0.3 is 12.3 Å². The van der Waals surface area contributed by atoms with E-state index in [2.05, 4.69) is 16.4 Å². The predicted octanol–water partition coefficient (Wildman–Crippen LogP) is 6.27. The highest BCUT2D eigenvalue weighted by molar-refractivity contribution is 5.61. The number of hydrogen-bond donors (Lipinski definition) is 0. The highest BCUT2D eigenvalue weighted by Crippen LogP contribution is 2.35. The monoisotopic (exact) mass is 478 g/mol. The van der Waals surface area contributed by atoms with Crippen molar-refractivity contribution in [1.29, 1.82) is 0 Å². The van der Waals surface area contributed by atoms with Crippen LogP contribution in [0.25, 0.3) is 0 Å². The van der Waals surface area contributed by atoms with Gasteiger partial charge in [-0.2, -0.15) is 0 Å². The zero-order valence-electron chi connectivity index (χ0n) is 20.5. The Morgan fingerprint density at radius 3 is 1.85 bits per heavy atom. The third-order valence-corrected chi connectivity index (χ3v) is 6.74. The van der Waals surface area contributed by atoms with Gasteiger partial charge in [-0.25, -0.2) is 9.59 Å². The average Bonchev–Trinajstić information content (AvgIpc) is 3.25. The standard InChI is InChI=1S/C26H38O8/c1-4-7-18-10-12-19(13-11-18)8-5-6-9-20-14-16-21(17-15-20)22-31-23(33-25(27)29-2)24(32-22)34-26(28)30-3/h14-19,22-24H,4-13H2,1-3H3/t18?,19?,23-,24-/m1/s1. The molecule has 0 unspecified atom stereocenters. The van der Waals surface area contributed by atoms with Gasteiger partial charge in [0.2, 0.25) is 0 Å². The normalized spacial score (nSPS) is 25.0. The van der Waals surface area contributed by atoms with Gasteiger partial charge in [0.25, 0.3) is 12.6 Å². The molecule has 0 N–H and O–H groups in total. The molecule has 1 aromatic carbocycles. The van der Waals surface area contributed by atoms with E-state index in [9.17, 15) is 9.59 Å². The lowest BCUT2D eigenvalue weighted by atomic mass is 9.78. The van der Waals surface area contributed by atoms with E-state index in [0.29, 0.717) is 0 Å². The minimum atomic E-state index is -1.27. The summed E-state index contributed by atoms with van der Waals surface area (Å²) in [6.07, 6.45) is 7.82. The van der Waals surface area contributed by atoms with Crippen LogP contribution in [0.2, 0.25) is 0 Å². The number of benzene rings is 1. The zero-order chi connectivity index (χ0) is 24.3. The van der Waals surface area contributed by atoms with E-state index in [-0.39, 0.29) is 0 Å². The second-order valence-corrected chi connectivity index (χ2v) is 9.15. The van der Waals surface area contributed by atoms with Crippen molar-refractivity contribution < 1.29 is 38.0 Å². The Morgan fingerprint density at radius 1 is 0.824 bits per heavy atom. The topological polar surface area (TPSA) is 89.5 Å². The van der Waals surface area contributed by atoms with E-state index in [4.69, 9.17) is 18.9 Å². The number of methoxy groups -OCH3 is 2. The summed E-state index contributed by atoms with van der Waals surface area (Å²) in [5.74, 6) is 1.88. The highest BCUT2D eigenvalue weighted by Gasteiger charge is 2.43. The van der Waals surface area contributed by atoms with Gasteiger partial charge in [0.1, 0.15) is 0 Å². The largest absolute Gasteiger partial charge is 0.510 e. The van der Waals surface area contributed by atoms with Gasteiger partial charge in [0.15, 0.2) is 6.29 Å². The highest BCUT2D eigenvalue weighted by atomic mass is 16.9. The maximum atomic E-state index is 11.5. The summed E-state index contributed by atoms with van der Waals surface area (Å²) in [6.45, 7) is 2.29. The van der Waals surface area contributed by atoms with Crippen LogP contribution in [-0.4, -0.2) is 39.1 Å². The quantitative estimate of drug-likeness (QED) is 0.287. The first kappa shape index (κ1) is 26.3. The number of aryl methyl sites for hydroxylation is 1. The van der Waals surface area contributed by atoms with Crippen molar-refractivity contribution in [1.82, 2.24) is 0 Å². The summed E-state index contributed by atoms with van der Waals surface area (Å²) in [7, 11) is 2.34. The first-order chi connectivity index (χ1) is 16.5. The molecule has 0 radical (unpaired) electrons. The first-order valence-electron chi connectivity index (χ1n) is 12.4. The van der Waals surface area contributed by atoms with Crippen LogP contribution in [-0.2, 0) is 34.8 Å². The van der Waals surface area contributed by atoms with Crippen molar-refractivity contribution in [2.75, 3.05) is 14.2 Å². The molecule has 0 spiro atoms. The molecule has 1 aromatic rings. The molecule has 1 saturated carbocycles. The molecule has 1 heterocycles. The summed E-state index contributed by atoms with van der Waals surface area (Å²) in [6, 6.07) is 7.90. The van der Waals surface area contributed by atoms with Gasteiger partial charge < -0.3 is 28.4 Å². The molecule has 34 heavy (non-hydrogen) atoms. The number of rotatable bonds is 10. The fourth-order valence-electron chi connectivity index (χ4n) is 4.83.